The fraction of sp³-hybridized carbons (Fsp3) is 0.381. The van der Waals surface area contributed by atoms with Crippen molar-refractivity contribution in [3.63, 3.8) is 0 Å². The van der Waals surface area contributed by atoms with Gasteiger partial charge in [-0.3, -0.25) is 0 Å². The molecule has 0 aliphatic rings. The van der Waals surface area contributed by atoms with E-state index in [0.717, 1.165) is 23.3 Å². The van der Waals surface area contributed by atoms with Crippen molar-refractivity contribution >= 4 is 0 Å². The van der Waals surface area contributed by atoms with Crippen molar-refractivity contribution in [1.29, 1.82) is 5.26 Å². The summed E-state index contributed by atoms with van der Waals surface area (Å²) in [7, 11) is 0. The van der Waals surface area contributed by atoms with Crippen LogP contribution in [0.15, 0.2) is 48.5 Å². The minimum atomic E-state index is 0.257. The summed E-state index contributed by atoms with van der Waals surface area (Å²) in [6.07, 6.45) is 6.47. The van der Waals surface area contributed by atoms with Crippen molar-refractivity contribution < 1.29 is 4.74 Å². The lowest BCUT2D eigenvalue weighted by molar-refractivity contribution is 0.206. The van der Waals surface area contributed by atoms with Gasteiger partial charge >= 0.3 is 0 Å². The third kappa shape index (κ3) is 5.45. The Bertz CT molecular complexity index is 622. The van der Waals surface area contributed by atoms with E-state index >= 15 is 0 Å². The van der Waals surface area contributed by atoms with E-state index in [1.54, 1.807) is 0 Å². The van der Waals surface area contributed by atoms with Crippen molar-refractivity contribution in [2.45, 2.75) is 52.1 Å². The quantitative estimate of drug-likeness (QED) is 0.563. The lowest BCUT2D eigenvalue weighted by Gasteiger charge is -2.15. The van der Waals surface area contributed by atoms with E-state index < -0.39 is 0 Å². The minimum Gasteiger partial charge on any atom is -0.491 e. The standard InChI is InChI=1S/C21H25NO/c1-3-4-5-6-7-17(2)23-21-14-12-20(13-15-21)19-10-8-18(16-22)9-11-19/h8-15,17H,3-7H2,1-2H3/t17-/m0/s1. The summed E-state index contributed by atoms with van der Waals surface area (Å²) in [5.41, 5.74) is 2.94. The second-order valence-electron chi connectivity index (χ2n) is 5.99. The number of rotatable bonds is 8. The zero-order chi connectivity index (χ0) is 16.5. The SMILES string of the molecule is CCCCCC[C@H](C)Oc1ccc(-c2ccc(C#N)cc2)cc1. The van der Waals surface area contributed by atoms with Crippen LogP contribution >= 0.6 is 0 Å². The third-order valence-corrected chi connectivity index (χ3v) is 4.00. The van der Waals surface area contributed by atoms with Gasteiger partial charge in [0.25, 0.3) is 0 Å². The van der Waals surface area contributed by atoms with Crippen LogP contribution in [0, 0.1) is 11.3 Å². The fourth-order valence-corrected chi connectivity index (χ4v) is 2.61. The third-order valence-electron chi connectivity index (χ3n) is 4.00. The Morgan fingerprint density at radius 1 is 0.913 bits per heavy atom. The Morgan fingerprint density at radius 3 is 2.09 bits per heavy atom. The smallest absolute Gasteiger partial charge is 0.119 e. The maximum absolute atomic E-state index is 8.84. The monoisotopic (exact) mass is 307 g/mol. The molecular formula is C21H25NO. The highest BCUT2D eigenvalue weighted by Crippen LogP contribution is 2.23. The lowest BCUT2D eigenvalue weighted by Crippen LogP contribution is -2.11. The van der Waals surface area contributed by atoms with Crippen LogP contribution in [0.2, 0.25) is 0 Å². The Kier molecular flexibility index (Phi) is 6.69. The van der Waals surface area contributed by atoms with Gasteiger partial charge in [0, 0.05) is 0 Å². The molecule has 23 heavy (non-hydrogen) atoms. The number of ether oxygens (including phenoxy) is 1. The molecule has 0 radical (unpaired) electrons. The number of hydrogen-bond acceptors (Lipinski definition) is 2. The first-order valence-corrected chi connectivity index (χ1v) is 8.50. The van der Waals surface area contributed by atoms with E-state index in [9.17, 15) is 0 Å². The number of nitriles is 1. The predicted molar refractivity (Wildman–Crippen MR) is 95.4 cm³/mol. The molecule has 0 saturated carbocycles. The Labute approximate surface area is 139 Å². The second-order valence-corrected chi connectivity index (χ2v) is 5.99. The van der Waals surface area contributed by atoms with E-state index in [1.807, 2.05) is 36.4 Å². The van der Waals surface area contributed by atoms with E-state index in [1.165, 1.54) is 25.7 Å². The second kappa shape index (κ2) is 9.00. The molecule has 0 spiro atoms. The maximum Gasteiger partial charge on any atom is 0.119 e. The van der Waals surface area contributed by atoms with Crippen LogP contribution in [0.5, 0.6) is 5.75 Å². The average molecular weight is 307 g/mol. The van der Waals surface area contributed by atoms with Crippen molar-refractivity contribution in [2.75, 3.05) is 0 Å². The molecule has 0 N–H and O–H groups in total. The highest BCUT2D eigenvalue weighted by molar-refractivity contribution is 5.64. The normalized spacial score (nSPS) is 11.7. The summed E-state index contributed by atoms with van der Waals surface area (Å²) < 4.78 is 5.98. The average Bonchev–Trinajstić information content (AvgIpc) is 2.59. The molecule has 0 amide bonds. The number of benzene rings is 2. The molecule has 120 valence electrons. The van der Waals surface area contributed by atoms with Crippen LogP contribution in [0.25, 0.3) is 11.1 Å². The van der Waals surface area contributed by atoms with Crippen molar-refractivity contribution in [1.82, 2.24) is 0 Å². The molecule has 2 nitrogen and oxygen atoms in total. The summed E-state index contributed by atoms with van der Waals surface area (Å²) in [6, 6.07) is 18.0. The topological polar surface area (TPSA) is 33.0 Å². The van der Waals surface area contributed by atoms with Gasteiger partial charge in [-0.05, 0) is 55.2 Å². The summed E-state index contributed by atoms with van der Waals surface area (Å²) in [5.74, 6) is 0.922. The fourth-order valence-electron chi connectivity index (χ4n) is 2.61. The molecule has 2 rings (SSSR count). The summed E-state index contributed by atoms with van der Waals surface area (Å²) in [6.45, 7) is 4.37. The van der Waals surface area contributed by atoms with E-state index in [4.69, 9.17) is 10.00 Å². The molecule has 0 fully saturated rings. The van der Waals surface area contributed by atoms with E-state index in [-0.39, 0.29) is 6.10 Å². The summed E-state index contributed by atoms with van der Waals surface area (Å²) in [4.78, 5) is 0. The zero-order valence-corrected chi connectivity index (χ0v) is 14.1. The minimum absolute atomic E-state index is 0.257. The Hall–Kier alpha value is -2.27. The maximum atomic E-state index is 8.84. The van der Waals surface area contributed by atoms with Crippen LogP contribution in [0.1, 0.15) is 51.5 Å². The van der Waals surface area contributed by atoms with Gasteiger partial charge in [0.1, 0.15) is 5.75 Å². The van der Waals surface area contributed by atoms with E-state index in [2.05, 4.69) is 32.0 Å². The molecule has 0 aliphatic heterocycles. The Morgan fingerprint density at radius 2 is 1.52 bits per heavy atom. The van der Waals surface area contributed by atoms with Crippen LogP contribution < -0.4 is 4.74 Å². The number of unbranched alkanes of at least 4 members (excludes halogenated alkanes) is 3. The van der Waals surface area contributed by atoms with Crippen LogP contribution in [-0.2, 0) is 0 Å². The molecule has 0 heterocycles. The molecule has 2 aromatic carbocycles. The molecule has 0 aliphatic carbocycles. The van der Waals surface area contributed by atoms with Gasteiger partial charge in [0.2, 0.25) is 0 Å². The molecule has 2 aromatic rings. The highest BCUT2D eigenvalue weighted by atomic mass is 16.5. The lowest BCUT2D eigenvalue weighted by atomic mass is 10.0. The predicted octanol–water partition coefficient (Wildman–Crippen LogP) is 5.96. The van der Waals surface area contributed by atoms with Gasteiger partial charge in [-0.1, -0.05) is 50.5 Å². The van der Waals surface area contributed by atoms with Crippen molar-refractivity contribution in [3.8, 4) is 22.9 Å². The van der Waals surface area contributed by atoms with Crippen molar-refractivity contribution in [2.24, 2.45) is 0 Å². The van der Waals surface area contributed by atoms with Gasteiger partial charge in [0.05, 0.1) is 17.7 Å². The van der Waals surface area contributed by atoms with Crippen LogP contribution in [0.4, 0.5) is 0 Å². The van der Waals surface area contributed by atoms with E-state index in [0.29, 0.717) is 5.56 Å². The van der Waals surface area contributed by atoms with Gasteiger partial charge < -0.3 is 4.74 Å². The number of nitrogens with zero attached hydrogens (tertiary/aromatic N) is 1. The Balaban J connectivity index is 1.90. The highest BCUT2D eigenvalue weighted by Gasteiger charge is 2.05. The first-order valence-electron chi connectivity index (χ1n) is 8.50. The zero-order valence-electron chi connectivity index (χ0n) is 14.1. The van der Waals surface area contributed by atoms with Gasteiger partial charge in [-0.25, -0.2) is 0 Å². The first kappa shape index (κ1) is 17.1. The summed E-state index contributed by atoms with van der Waals surface area (Å²) >= 11 is 0. The van der Waals surface area contributed by atoms with Gasteiger partial charge in [-0.2, -0.15) is 5.26 Å². The largest absolute Gasteiger partial charge is 0.491 e. The molecule has 2 heteroatoms. The molecule has 0 bridgehead atoms. The number of hydrogen-bond donors (Lipinski definition) is 0. The molecule has 0 aromatic heterocycles. The van der Waals surface area contributed by atoms with Crippen molar-refractivity contribution in [3.05, 3.63) is 54.1 Å². The molecular weight excluding hydrogens is 282 g/mol. The molecule has 0 saturated heterocycles. The first-order chi connectivity index (χ1) is 11.2. The molecule has 1 atom stereocenters. The van der Waals surface area contributed by atoms with Crippen LogP contribution in [0.3, 0.4) is 0 Å². The van der Waals surface area contributed by atoms with Gasteiger partial charge in [0.15, 0.2) is 0 Å². The molecule has 0 unspecified atom stereocenters. The van der Waals surface area contributed by atoms with Crippen LogP contribution in [-0.4, -0.2) is 6.10 Å². The van der Waals surface area contributed by atoms with Gasteiger partial charge in [-0.15, -0.1) is 0 Å². The summed E-state index contributed by atoms with van der Waals surface area (Å²) in [5, 5.41) is 8.84.